The third kappa shape index (κ3) is 5.53. The highest BCUT2D eigenvalue weighted by atomic mass is 16.5. The summed E-state index contributed by atoms with van der Waals surface area (Å²) in [6, 6.07) is 15.4. The van der Waals surface area contributed by atoms with Gasteiger partial charge in [-0.05, 0) is 41.0 Å². The quantitative estimate of drug-likeness (QED) is 0.597. The van der Waals surface area contributed by atoms with Crippen LogP contribution in [0.25, 0.3) is 11.1 Å². The molecule has 0 aromatic heterocycles. The van der Waals surface area contributed by atoms with E-state index in [1.165, 1.54) is 30.0 Å². The topological polar surface area (TPSA) is 95.9 Å². The predicted molar refractivity (Wildman–Crippen MR) is 126 cm³/mol. The summed E-state index contributed by atoms with van der Waals surface area (Å²) >= 11 is 0. The second kappa shape index (κ2) is 10.5. The normalized spacial score (nSPS) is 14.2. The van der Waals surface area contributed by atoms with Crippen LogP contribution in [0.15, 0.2) is 48.5 Å². The highest BCUT2D eigenvalue weighted by molar-refractivity contribution is 5.83. The van der Waals surface area contributed by atoms with Crippen molar-refractivity contribution in [2.45, 2.75) is 39.2 Å². The van der Waals surface area contributed by atoms with E-state index in [1.54, 1.807) is 0 Å². The lowest BCUT2D eigenvalue weighted by atomic mass is 9.91. The van der Waals surface area contributed by atoms with Crippen LogP contribution < -0.4 is 5.32 Å². The molecule has 1 aliphatic carbocycles. The Morgan fingerprint density at radius 2 is 1.55 bits per heavy atom. The van der Waals surface area contributed by atoms with Crippen molar-refractivity contribution in [2.75, 3.05) is 20.2 Å². The Labute approximate surface area is 194 Å². The maximum atomic E-state index is 12.5. The van der Waals surface area contributed by atoms with Crippen LogP contribution in [0, 0.1) is 11.8 Å². The molecule has 2 unspecified atom stereocenters. The number of carbonyl (C=O) groups excluding carboxylic acids is 2. The number of hydrogen-bond acceptors (Lipinski definition) is 4. The molecule has 2 N–H and O–H groups in total. The molecule has 3 rings (SSSR count). The van der Waals surface area contributed by atoms with E-state index in [0.29, 0.717) is 0 Å². The zero-order chi connectivity index (χ0) is 24.1. The van der Waals surface area contributed by atoms with Crippen LogP contribution in [0.3, 0.4) is 0 Å². The molecule has 0 spiro atoms. The first-order valence-electron chi connectivity index (χ1n) is 11.3. The molecule has 0 fully saturated rings. The second-order valence-electron chi connectivity index (χ2n) is 8.93. The maximum Gasteiger partial charge on any atom is 0.407 e. The molecule has 0 aliphatic heterocycles. The number of ether oxygens (including phenoxy) is 1. The van der Waals surface area contributed by atoms with Gasteiger partial charge in [0.1, 0.15) is 12.6 Å². The van der Waals surface area contributed by atoms with E-state index in [0.717, 1.165) is 11.1 Å². The number of amides is 2. The number of benzene rings is 2. The number of carbonyl (C=O) groups is 3. The molecular formula is C26H32N2O5. The Morgan fingerprint density at radius 3 is 2.06 bits per heavy atom. The van der Waals surface area contributed by atoms with Crippen molar-refractivity contribution >= 4 is 18.0 Å². The van der Waals surface area contributed by atoms with Crippen molar-refractivity contribution in [1.82, 2.24) is 10.2 Å². The Bertz CT molecular complexity index is 974. The van der Waals surface area contributed by atoms with Gasteiger partial charge in [0.05, 0.1) is 0 Å². The molecule has 1 aliphatic rings. The molecule has 0 saturated carbocycles. The summed E-state index contributed by atoms with van der Waals surface area (Å²) in [5.41, 5.74) is 4.63. The van der Waals surface area contributed by atoms with Crippen LogP contribution in [0.5, 0.6) is 0 Å². The van der Waals surface area contributed by atoms with E-state index in [1.807, 2.05) is 38.1 Å². The van der Waals surface area contributed by atoms with E-state index in [9.17, 15) is 14.4 Å². The summed E-state index contributed by atoms with van der Waals surface area (Å²) in [5, 5.41) is 11.9. The summed E-state index contributed by atoms with van der Waals surface area (Å²) in [7, 11) is 1.48. The van der Waals surface area contributed by atoms with Crippen LogP contribution >= 0.6 is 0 Å². The van der Waals surface area contributed by atoms with Gasteiger partial charge in [-0.25, -0.2) is 9.59 Å². The first-order chi connectivity index (χ1) is 15.7. The molecule has 7 nitrogen and oxygen atoms in total. The summed E-state index contributed by atoms with van der Waals surface area (Å²) in [6.45, 7) is 5.91. The average Bonchev–Trinajstić information content (AvgIpc) is 3.12. The fourth-order valence-corrected chi connectivity index (χ4v) is 4.16. The number of carboxylic acid groups (broad SMARTS) is 1. The monoisotopic (exact) mass is 452 g/mol. The maximum absolute atomic E-state index is 12.5. The van der Waals surface area contributed by atoms with Crippen molar-refractivity contribution < 1.29 is 24.2 Å². The van der Waals surface area contributed by atoms with Crippen molar-refractivity contribution in [2.24, 2.45) is 11.8 Å². The molecule has 0 radical (unpaired) electrons. The van der Waals surface area contributed by atoms with E-state index < -0.39 is 18.1 Å². The number of nitrogens with one attached hydrogen (secondary N) is 1. The summed E-state index contributed by atoms with van der Waals surface area (Å²) in [4.78, 5) is 37.3. The van der Waals surface area contributed by atoms with Gasteiger partial charge in [0.15, 0.2) is 0 Å². The Kier molecular flexibility index (Phi) is 7.74. The molecule has 2 atom stereocenters. The van der Waals surface area contributed by atoms with Gasteiger partial charge in [-0.15, -0.1) is 0 Å². The fourth-order valence-electron chi connectivity index (χ4n) is 4.16. The molecule has 176 valence electrons. The minimum Gasteiger partial charge on any atom is -0.480 e. The highest BCUT2D eigenvalue weighted by Gasteiger charge is 2.29. The van der Waals surface area contributed by atoms with Gasteiger partial charge in [-0.2, -0.15) is 0 Å². The van der Waals surface area contributed by atoms with Gasteiger partial charge in [0.2, 0.25) is 5.91 Å². The number of aliphatic carboxylic acids is 1. The van der Waals surface area contributed by atoms with Gasteiger partial charge in [-0.3, -0.25) is 4.79 Å². The van der Waals surface area contributed by atoms with E-state index in [4.69, 9.17) is 9.84 Å². The molecule has 0 heterocycles. The van der Waals surface area contributed by atoms with Crippen LogP contribution in [-0.2, 0) is 14.3 Å². The van der Waals surface area contributed by atoms with Gasteiger partial charge in [-0.1, -0.05) is 62.4 Å². The first-order valence-corrected chi connectivity index (χ1v) is 11.3. The molecule has 0 saturated heterocycles. The molecular weight excluding hydrogens is 420 g/mol. The number of alkyl carbamates (subject to hydrolysis) is 1. The lowest BCUT2D eigenvalue weighted by Crippen LogP contribution is -2.42. The molecule has 33 heavy (non-hydrogen) atoms. The first kappa shape index (κ1) is 24.3. The largest absolute Gasteiger partial charge is 0.480 e. The summed E-state index contributed by atoms with van der Waals surface area (Å²) in [5.74, 6) is -1.35. The van der Waals surface area contributed by atoms with Gasteiger partial charge in [0.25, 0.3) is 0 Å². The van der Waals surface area contributed by atoms with Crippen LogP contribution in [0.2, 0.25) is 0 Å². The van der Waals surface area contributed by atoms with Crippen molar-refractivity contribution in [1.29, 1.82) is 0 Å². The van der Waals surface area contributed by atoms with Crippen LogP contribution in [-0.4, -0.2) is 54.2 Å². The predicted octanol–water partition coefficient (Wildman–Crippen LogP) is 4.12. The van der Waals surface area contributed by atoms with E-state index in [2.05, 4.69) is 29.6 Å². The molecule has 2 amide bonds. The van der Waals surface area contributed by atoms with Crippen LogP contribution in [0.4, 0.5) is 4.79 Å². The lowest BCUT2D eigenvalue weighted by Gasteiger charge is -2.26. The fraction of sp³-hybridized carbons (Fsp3) is 0.423. The molecule has 2 aromatic rings. The number of rotatable bonds is 9. The van der Waals surface area contributed by atoms with Crippen molar-refractivity contribution in [3.8, 4) is 11.1 Å². The molecule has 2 aromatic carbocycles. The van der Waals surface area contributed by atoms with Gasteiger partial charge >= 0.3 is 12.1 Å². The van der Waals surface area contributed by atoms with Crippen molar-refractivity contribution in [3.05, 3.63) is 59.7 Å². The Hall–Kier alpha value is -3.35. The number of nitrogens with zero attached hydrogens (tertiary/aromatic N) is 1. The van der Waals surface area contributed by atoms with Gasteiger partial charge < -0.3 is 20.1 Å². The number of hydrogen-bond donors (Lipinski definition) is 2. The summed E-state index contributed by atoms with van der Waals surface area (Å²) in [6.07, 6.45) is -0.377. The number of carboxylic acids is 1. The van der Waals surface area contributed by atoms with Crippen LogP contribution in [0.1, 0.15) is 44.2 Å². The van der Waals surface area contributed by atoms with E-state index >= 15 is 0 Å². The SMILES string of the molecule is CC(C)C(CNC(=O)OCC1c2ccccc2-c2ccccc21)CC(=O)N(C)C(C)C(=O)O. The Balaban J connectivity index is 1.56. The van der Waals surface area contributed by atoms with Gasteiger partial charge in [0, 0.05) is 25.9 Å². The number of fused-ring (bicyclic) bond motifs is 3. The lowest BCUT2D eigenvalue weighted by molar-refractivity contribution is -0.148. The third-order valence-corrected chi connectivity index (χ3v) is 6.56. The minimum absolute atomic E-state index is 0.0169. The summed E-state index contributed by atoms with van der Waals surface area (Å²) < 4.78 is 5.57. The highest BCUT2D eigenvalue weighted by Crippen LogP contribution is 2.44. The zero-order valence-corrected chi connectivity index (χ0v) is 19.6. The standard InChI is InChI=1S/C26H32N2O5/c1-16(2)18(13-24(29)28(4)17(3)25(30)31)14-27-26(32)33-15-23-21-11-7-5-9-19(21)20-10-6-8-12-22(20)23/h5-12,16-18,23H,13-15H2,1-4H3,(H,27,32)(H,30,31). The zero-order valence-electron chi connectivity index (χ0n) is 19.6. The minimum atomic E-state index is -1.05. The Morgan fingerprint density at radius 1 is 1.00 bits per heavy atom. The number of likely N-dealkylation sites (N-methyl/N-ethyl adjacent to an activating group) is 1. The van der Waals surface area contributed by atoms with E-state index in [-0.39, 0.29) is 43.2 Å². The second-order valence-corrected chi connectivity index (χ2v) is 8.93. The van der Waals surface area contributed by atoms with Crippen molar-refractivity contribution in [3.63, 3.8) is 0 Å². The smallest absolute Gasteiger partial charge is 0.407 e. The third-order valence-electron chi connectivity index (χ3n) is 6.56. The molecule has 7 heteroatoms. The molecule has 0 bridgehead atoms. The average molecular weight is 453 g/mol.